The van der Waals surface area contributed by atoms with Crippen molar-refractivity contribution in [2.45, 2.75) is 25.0 Å². The fourth-order valence-electron chi connectivity index (χ4n) is 5.65. The number of ether oxygens (including phenoxy) is 2. The molecule has 5 aromatic carbocycles. The molecule has 0 spiro atoms. The number of para-hydroxylation sites is 4. The Morgan fingerprint density at radius 1 is 0.476 bits per heavy atom. The molecule has 0 atom stereocenters. The summed E-state index contributed by atoms with van der Waals surface area (Å²) in [6.07, 6.45) is 0. The summed E-state index contributed by atoms with van der Waals surface area (Å²) >= 11 is 0. The standard InChI is InChI=1S/C38H26O4/c1-25-23-26(2)28(20-22-38(40)31-13-5-9-17-35(31)42-36-18-10-6-14-32(36)38)24-27(25)19-21-37(39)29-11-3-7-15-33(29)41-34-16-8-4-12-30(34)37/h3-18,23-24,39-40H,1-2H3. The van der Waals surface area contributed by atoms with Gasteiger partial charge in [-0.3, -0.25) is 0 Å². The molecule has 2 aliphatic heterocycles. The van der Waals surface area contributed by atoms with Crippen LogP contribution in [0.4, 0.5) is 0 Å². The van der Waals surface area contributed by atoms with E-state index in [1.54, 1.807) is 0 Å². The molecule has 0 amide bonds. The molecule has 0 aliphatic carbocycles. The van der Waals surface area contributed by atoms with Gasteiger partial charge in [-0.25, -0.2) is 0 Å². The summed E-state index contributed by atoms with van der Waals surface area (Å²) in [4.78, 5) is 0. The van der Waals surface area contributed by atoms with E-state index >= 15 is 0 Å². The molecule has 202 valence electrons. The van der Waals surface area contributed by atoms with Crippen LogP contribution in [-0.2, 0) is 11.2 Å². The third-order valence-electron chi connectivity index (χ3n) is 7.87. The molecular weight excluding hydrogens is 520 g/mol. The van der Waals surface area contributed by atoms with E-state index in [2.05, 4.69) is 23.7 Å². The third-order valence-corrected chi connectivity index (χ3v) is 7.87. The van der Waals surface area contributed by atoms with Crippen LogP contribution in [0.15, 0.2) is 109 Å². The largest absolute Gasteiger partial charge is 0.456 e. The van der Waals surface area contributed by atoms with E-state index in [1.165, 1.54) is 0 Å². The quantitative estimate of drug-likeness (QED) is 0.204. The minimum atomic E-state index is -1.56. The molecular formula is C38H26O4. The first kappa shape index (κ1) is 25.7. The number of rotatable bonds is 0. The van der Waals surface area contributed by atoms with Crippen LogP contribution >= 0.6 is 0 Å². The van der Waals surface area contributed by atoms with Crippen molar-refractivity contribution in [3.05, 3.63) is 154 Å². The SMILES string of the molecule is Cc1cc(C)c(C#CC2(O)c3ccccc3Oc3ccccc32)cc1C#CC1(O)c2ccccc2Oc2ccccc21. The van der Waals surface area contributed by atoms with Crippen molar-refractivity contribution in [1.29, 1.82) is 0 Å². The Hall–Kier alpha value is -5.26. The molecule has 7 rings (SSSR count). The average Bonchev–Trinajstić information content (AvgIpc) is 3.01. The minimum Gasteiger partial charge on any atom is -0.456 e. The molecule has 0 saturated carbocycles. The molecule has 42 heavy (non-hydrogen) atoms. The summed E-state index contributed by atoms with van der Waals surface area (Å²) in [5.41, 5.74) is 2.67. The highest BCUT2D eigenvalue weighted by molar-refractivity contribution is 5.63. The first-order valence-corrected chi connectivity index (χ1v) is 13.7. The van der Waals surface area contributed by atoms with Crippen LogP contribution in [-0.4, -0.2) is 10.2 Å². The van der Waals surface area contributed by atoms with Crippen molar-refractivity contribution in [3.63, 3.8) is 0 Å². The second-order valence-electron chi connectivity index (χ2n) is 10.6. The van der Waals surface area contributed by atoms with Crippen LogP contribution in [0.3, 0.4) is 0 Å². The predicted octanol–water partition coefficient (Wildman–Crippen LogP) is 7.09. The number of aryl methyl sites for hydroxylation is 2. The van der Waals surface area contributed by atoms with Crippen molar-refractivity contribution >= 4 is 0 Å². The van der Waals surface area contributed by atoms with E-state index in [0.717, 1.165) is 22.3 Å². The average molecular weight is 547 g/mol. The van der Waals surface area contributed by atoms with Crippen LogP contribution < -0.4 is 9.47 Å². The Morgan fingerprint density at radius 2 is 0.786 bits per heavy atom. The van der Waals surface area contributed by atoms with Gasteiger partial charge < -0.3 is 19.7 Å². The summed E-state index contributed by atoms with van der Waals surface area (Å²) in [5, 5.41) is 24.0. The zero-order valence-corrected chi connectivity index (χ0v) is 23.1. The highest BCUT2D eigenvalue weighted by atomic mass is 16.5. The Morgan fingerprint density at radius 3 is 1.12 bits per heavy atom. The van der Waals surface area contributed by atoms with Crippen molar-refractivity contribution < 1.29 is 19.7 Å². The second-order valence-corrected chi connectivity index (χ2v) is 10.6. The fourth-order valence-corrected chi connectivity index (χ4v) is 5.65. The van der Waals surface area contributed by atoms with Crippen molar-refractivity contribution in [2.24, 2.45) is 0 Å². The molecule has 0 saturated heterocycles. The van der Waals surface area contributed by atoms with E-state index in [1.807, 2.05) is 123 Å². The lowest BCUT2D eigenvalue weighted by molar-refractivity contribution is 0.131. The first-order valence-electron chi connectivity index (χ1n) is 13.7. The van der Waals surface area contributed by atoms with Gasteiger partial charge in [-0.1, -0.05) is 103 Å². The van der Waals surface area contributed by atoms with Crippen molar-refractivity contribution in [3.8, 4) is 46.7 Å². The van der Waals surface area contributed by atoms with Gasteiger partial charge in [0.2, 0.25) is 0 Å². The van der Waals surface area contributed by atoms with Gasteiger partial charge in [-0.15, -0.1) is 0 Å². The van der Waals surface area contributed by atoms with Crippen LogP contribution in [0.5, 0.6) is 23.0 Å². The van der Waals surface area contributed by atoms with Gasteiger partial charge in [0.25, 0.3) is 0 Å². The number of hydrogen-bond donors (Lipinski definition) is 2. The summed E-state index contributed by atoms with van der Waals surface area (Å²) in [7, 11) is 0. The summed E-state index contributed by atoms with van der Waals surface area (Å²) < 4.78 is 12.1. The van der Waals surface area contributed by atoms with Gasteiger partial charge in [-0.2, -0.15) is 0 Å². The van der Waals surface area contributed by atoms with Crippen LogP contribution in [0, 0.1) is 37.5 Å². The van der Waals surface area contributed by atoms with Gasteiger partial charge in [-0.05, 0) is 55.3 Å². The normalized spacial score (nSPS) is 14.6. The number of aliphatic hydroxyl groups is 2. The predicted molar refractivity (Wildman–Crippen MR) is 162 cm³/mol. The molecule has 0 bridgehead atoms. The van der Waals surface area contributed by atoms with Crippen LogP contribution in [0.25, 0.3) is 0 Å². The molecule has 2 N–H and O–H groups in total. The zero-order chi connectivity index (χ0) is 28.9. The van der Waals surface area contributed by atoms with Gasteiger partial charge in [0, 0.05) is 33.4 Å². The Kier molecular flexibility index (Phi) is 5.92. The molecule has 5 aromatic rings. The lowest BCUT2D eigenvalue weighted by atomic mass is 9.83. The lowest BCUT2D eigenvalue weighted by Crippen LogP contribution is -2.29. The summed E-state index contributed by atoms with van der Waals surface area (Å²) in [6, 6.07) is 33.6. The monoisotopic (exact) mass is 546 g/mol. The Bertz CT molecular complexity index is 1780. The molecule has 4 heteroatoms. The van der Waals surface area contributed by atoms with Crippen LogP contribution in [0.2, 0.25) is 0 Å². The van der Waals surface area contributed by atoms with E-state index in [9.17, 15) is 10.2 Å². The van der Waals surface area contributed by atoms with Crippen molar-refractivity contribution in [1.82, 2.24) is 0 Å². The minimum absolute atomic E-state index is 0.574. The maximum absolute atomic E-state index is 12.0. The topological polar surface area (TPSA) is 58.9 Å². The van der Waals surface area contributed by atoms with Gasteiger partial charge >= 0.3 is 0 Å². The second kappa shape index (κ2) is 9.68. The van der Waals surface area contributed by atoms with Crippen molar-refractivity contribution in [2.75, 3.05) is 0 Å². The first-order chi connectivity index (χ1) is 20.4. The maximum Gasteiger partial charge on any atom is 0.184 e. The van der Waals surface area contributed by atoms with Gasteiger partial charge in [0.1, 0.15) is 23.0 Å². The molecule has 0 radical (unpaired) electrons. The van der Waals surface area contributed by atoms with E-state index in [0.29, 0.717) is 45.3 Å². The van der Waals surface area contributed by atoms with E-state index in [-0.39, 0.29) is 0 Å². The highest BCUT2D eigenvalue weighted by Crippen LogP contribution is 2.47. The fraction of sp³-hybridized carbons (Fsp3) is 0.105. The molecule has 0 aromatic heterocycles. The molecule has 0 fully saturated rings. The van der Waals surface area contributed by atoms with E-state index in [4.69, 9.17) is 9.47 Å². The Balaban J connectivity index is 1.33. The maximum atomic E-state index is 12.0. The molecule has 4 nitrogen and oxygen atoms in total. The summed E-state index contributed by atoms with van der Waals surface area (Å²) in [5.74, 6) is 15.1. The lowest BCUT2D eigenvalue weighted by Gasteiger charge is -2.32. The van der Waals surface area contributed by atoms with Gasteiger partial charge in [0.05, 0.1) is 0 Å². The van der Waals surface area contributed by atoms with E-state index < -0.39 is 11.2 Å². The number of hydrogen-bond acceptors (Lipinski definition) is 4. The summed E-state index contributed by atoms with van der Waals surface area (Å²) in [6.45, 7) is 3.98. The van der Waals surface area contributed by atoms with Gasteiger partial charge in [0.15, 0.2) is 11.2 Å². The highest BCUT2D eigenvalue weighted by Gasteiger charge is 2.40. The number of fused-ring (bicyclic) bond motifs is 4. The third kappa shape index (κ3) is 4.06. The zero-order valence-electron chi connectivity index (χ0n) is 23.1. The smallest absolute Gasteiger partial charge is 0.184 e. The van der Waals surface area contributed by atoms with Crippen LogP contribution in [0.1, 0.15) is 44.5 Å². The molecule has 2 aliphatic rings. The molecule has 0 unspecified atom stereocenters. The Labute approximate surface area is 244 Å². The number of benzene rings is 5. The molecule has 2 heterocycles.